The number of benzene rings is 1. The number of hydrogen-bond donors (Lipinski definition) is 1. The lowest BCUT2D eigenvalue weighted by molar-refractivity contribution is 0.0501. The molecule has 21 heavy (non-hydrogen) atoms. The minimum absolute atomic E-state index is 0.283. The van der Waals surface area contributed by atoms with Gasteiger partial charge in [0.05, 0.1) is 19.2 Å². The van der Waals surface area contributed by atoms with Gasteiger partial charge in [0.25, 0.3) is 0 Å². The Bertz CT molecular complexity index is 515. The number of nitriles is 1. The summed E-state index contributed by atoms with van der Waals surface area (Å²) >= 11 is 0. The van der Waals surface area contributed by atoms with E-state index in [-0.39, 0.29) is 6.04 Å². The van der Waals surface area contributed by atoms with Gasteiger partial charge >= 0.3 is 6.09 Å². The Morgan fingerprint density at radius 3 is 2.71 bits per heavy atom. The number of ether oxygens (including phenoxy) is 2. The van der Waals surface area contributed by atoms with Gasteiger partial charge in [-0.15, -0.1) is 0 Å². The SMILES string of the molecule is COc1cccc(C(CCC#N)NC(=O)OC(C)(C)C)c1. The van der Waals surface area contributed by atoms with E-state index < -0.39 is 11.7 Å². The van der Waals surface area contributed by atoms with Crippen molar-refractivity contribution in [2.75, 3.05) is 7.11 Å². The lowest BCUT2D eigenvalue weighted by Gasteiger charge is -2.23. The Labute approximate surface area is 125 Å². The number of nitrogens with one attached hydrogen (secondary N) is 1. The number of rotatable bonds is 5. The third-order valence-corrected chi connectivity index (χ3v) is 2.73. The molecule has 0 saturated heterocycles. The zero-order chi connectivity index (χ0) is 15.9. The van der Waals surface area contributed by atoms with Gasteiger partial charge in [-0.25, -0.2) is 4.79 Å². The van der Waals surface area contributed by atoms with Gasteiger partial charge in [0, 0.05) is 6.42 Å². The van der Waals surface area contributed by atoms with E-state index in [1.807, 2.05) is 45.0 Å². The second-order valence-corrected chi connectivity index (χ2v) is 5.67. The van der Waals surface area contributed by atoms with Crippen molar-refractivity contribution in [1.29, 1.82) is 5.26 Å². The molecule has 0 spiro atoms. The first-order valence-electron chi connectivity index (χ1n) is 6.86. The smallest absolute Gasteiger partial charge is 0.408 e. The Balaban J connectivity index is 2.84. The molecule has 0 fully saturated rings. The molecule has 5 heteroatoms. The summed E-state index contributed by atoms with van der Waals surface area (Å²) in [6.07, 6.45) is 0.369. The van der Waals surface area contributed by atoms with Crippen LogP contribution in [0.2, 0.25) is 0 Å². The molecule has 1 aromatic rings. The number of hydrogen-bond acceptors (Lipinski definition) is 4. The van der Waals surface area contributed by atoms with E-state index in [2.05, 4.69) is 11.4 Å². The number of carbonyl (C=O) groups is 1. The van der Waals surface area contributed by atoms with Crippen LogP contribution in [0.4, 0.5) is 4.79 Å². The lowest BCUT2D eigenvalue weighted by atomic mass is 10.0. The highest BCUT2D eigenvalue weighted by atomic mass is 16.6. The first kappa shape index (κ1) is 16.8. The van der Waals surface area contributed by atoms with Gasteiger partial charge in [-0.3, -0.25) is 0 Å². The van der Waals surface area contributed by atoms with Crippen molar-refractivity contribution < 1.29 is 14.3 Å². The minimum atomic E-state index is -0.557. The van der Waals surface area contributed by atoms with E-state index in [0.717, 1.165) is 5.56 Å². The predicted octanol–water partition coefficient (Wildman–Crippen LogP) is 3.56. The second-order valence-electron chi connectivity index (χ2n) is 5.67. The zero-order valence-electron chi connectivity index (χ0n) is 13.0. The Morgan fingerprint density at radius 1 is 1.43 bits per heavy atom. The van der Waals surface area contributed by atoms with Crippen LogP contribution in [0.15, 0.2) is 24.3 Å². The molecule has 114 valence electrons. The molecule has 0 bridgehead atoms. The lowest BCUT2D eigenvalue weighted by Crippen LogP contribution is -2.35. The molecular weight excluding hydrogens is 268 g/mol. The van der Waals surface area contributed by atoms with Crippen LogP contribution in [-0.2, 0) is 4.74 Å². The summed E-state index contributed by atoms with van der Waals surface area (Å²) in [5.74, 6) is 0.709. The van der Waals surface area contributed by atoms with Gasteiger partial charge in [0.2, 0.25) is 0 Å². The van der Waals surface area contributed by atoms with E-state index in [0.29, 0.717) is 18.6 Å². The summed E-state index contributed by atoms with van der Waals surface area (Å²) in [7, 11) is 1.59. The topological polar surface area (TPSA) is 71.3 Å². The van der Waals surface area contributed by atoms with Crippen LogP contribution in [0.1, 0.15) is 45.2 Å². The summed E-state index contributed by atoms with van der Waals surface area (Å²) in [6, 6.07) is 9.23. The summed E-state index contributed by atoms with van der Waals surface area (Å²) in [4.78, 5) is 11.9. The predicted molar refractivity (Wildman–Crippen MR) is 80.0 cm³/mol. The largest absolute Gasteiger partial charge is 0.497 e. The van der Waals surface area contributed by atoms with Crippen molar-refractivity contribution in [2.45, 2.75) is 45.3 Å². The molecule has 1 amide bonds. The maximum absolute atomic E-state index is 11.9. The van der Waals surface area contributed by atoms with Crippen molar-refractivity contribution in [1.82, 2.24) is 5.32 Å². The van der Waals surface area contributed by atoms with Gasteiger partial charge in [0.15, 0.2) is 0 Å². The summed E-state index contributed by atoms with van der Waals surface area (Å²) in [5.41, 5.74) is 0.327. The Morgan fingerprint density at radius 2 is 2.14 bits per heavy atom. The van der Waals surface area contributed by atoms with E-state index in [9.17, 15) is 4.79 Å². The first-order valence-corrected chi connectivity index (χ1v) is 6.86. The van der Waals surface area contributed by atoms with E-state index in [4.69, 9.17) is 14.7 Å². The molecule has 0 aromatic heterocycles. The van der Waals surface area contributed by atoms with Crippen molar-refractivity contribution >= 4 is 6.09 Å². The van der Waals surface area contributed by atoms with Crippen LogP contribution in [-0.4, -0.2) is 18.8 Å². The molecule has 0 heterocycles. The van der Waals surface area contributed by atoms with Crippen molar-refractivity contribution in [3.8, 4) is 11.8 Å². The van der Waals surface area contributed by atoms with Crippen LogP contribution in [0.5, 0.6) is 5.75 Å². The fraction of sp³-hybridized carbons (Fsp3) is 0.500. The fourth-order valence-corrected chi connectivity index (χ4v) is 1.84. The minimum Gasteiger partial charge on any atom is -0.497 e. The Hall–Kier alpha value is -2.22. The average Bonchev–Trinajstić information content (AvgIpc) is 2.41. The molecular formula is C16H22N2O3. The third kappa shape index (κ3) is 6.17. The average molecular weight is 290 g/mol. The maximum Gasteiger partial charge on any atom is 0.408 e. The first-order chi connectivity index (χ1) is 9.85. The van der Waals surface area contributed by atoms with Gasteiger partial charge in [-0.05, 0) is 44.9 Å². The van der Waals surface area contributed by atoms with E-state index in [1.165, 1.54) is 0 Å². The van der Waals surface area contributed by atoms with Crippen LogP contribution >= 0.6 is 0 Å². The quantitative estimate of drug-likeness (QED) is 0.900. The van der Waals surface area contributed by atoms with E-state index in [1.54, 1.807) is 7.11 Å². The number of alkyl carbamates (subject to hydrolysis) is 1. The van der Waals surface area contributed by atoms with Crippen molar-refractivity contribution in [2.24, 2.45) is 0 Å². The van der Waals surface area contributed by atoms with E-state index >= 15 is 0 Å². The van der Waals surface area contributed by atoms with Crippen molar-refractivity contribution in [3.63, 3.8) is 0 Å². The number of methoxy groups -OCH3 is 1. The Kier molecular flexibility index (Phi) is 6.04. The van der Waals surface area contributed by atoms with Gasteiger partial charge < -0.3 is 14.8 Å². The summed E-state index contributed by atoms with van der Waals surface area (Å²) in [5, 5.41) is 11.6. The summed E-state index contributed by atoms with van der Waals surface area (Å²) in [6.45, 7) is 5.42. The monoisotopic (exact) mass is 290 g/mol. The van der Waals surface area contributed by atoms with Crippen LogP contribution < -0.4 is 10.1 Å². The van der Waals surface area contributed by atoms with Crippen LogP contribution in [0, 0.1) is 11.3 Å². The number of carbonyl (C=O) groups excluding carboxylic acids is 1. The molecule has 0 saturated carbocycles. The fourth-order valence-electron chi connectivity index (χ4n) is 1.84. The van der Waals surface area contributed by atoms with Crippen LogP contribution in [0.25, 0.3) is 0 Å². The molecule has 0 radical (unpaired) electrons. The standard InChI is InChI=1S/C16H22N2O3/c1-16(2,3)21-15(19)18-14(9-6-10-17)12-7-5-8-13(11-12)20-4/h5,7-8,11,14H,6,9H2,1-4H3,(H,18,19). The van der Waals surface area contributed by atoms with Crippen LogP contribution in [0.3, 0.4) is 0 Å². The van der Waals surface area contributed by atoms with Crippen molar-refractivity contribution in [3.05, 3.63) is 29.8 Å². The molecule has 0 aliphatic rings. The molecule has 1 unspecified atom stereocenters. The highest BCUT2D eigenvalue weighted by Crippen LogP contribution is 2.23. The normalized spacial score (nSPS) is 12.1. The molecule has 1 rings (SSSR count). The summed E-state index contributed by atoms with van der Waals surface area (Å²) < 4.78 is 10.4. The van der Waals surface area contributed by atoms with Gasteiger partial charge in [-0.1, -0.05) is 12.1 Å². The molecule has 0 aliphatic carbocycles. The molecule has 5 nitrogen and oxygen atoms in total. The number of amides is 1. The molecule has 0 aliphatic heterocycles. The van der Waals surface area contributed by atoms with Gasteiger partial charge in [-0.2, -0.15) is 5.26 Å². The molecule has 1 N–H and O–H groups in total. The highest BCUT2D eigenvalue weighted by Gasteiger charge is 2.20. The molecule has 1 atom stereocenters. The zero-order valence-corrected chi connectivity index (χ0v) is 13.0. The number of nitrogens with zero attached hydrogens (tertiary/aromatic N) is 1. The third-order valence-electron chi connectivity index (χ3n) is 2.73. The van der Waals surface area contributed by atoms with Gasteiger partial charge in [0.1, 0.15) is 11.4 Å². The molecule has 1 aromatic carbocycles. The maximum atomic E-state index is 11.9. The highest BCUT2D eigenvalue weighted by molar-refractivity contribution is 5.68. The second kappa shape index (κ2) is 7.53.